The molecule has 2 aromatic carbocycles. The van der Waals surface area contributed by atoms with Gasteiger partial charge < -0.3 is 0 Å². The van der Waals surface area contributed by atoms with Gasteiger partial charge in [-0.05, 0) is 23.6 Å². The Labute approximate surface area is 148 Å². The maximum absolute atomic E-state index is 13.5. The van der Waals surface area contributed by atoms with Gasteiger partial charge >= 0.3 is 0 Å². The quantitative estimate of drug-likeness (QED) is 0.435. The van der Waals surface area contributed by atoms with Gasteiger partial charge in [0.25, 0.3) is 0 Å². The van der Waals surface area contributed by atoms with Crippen molar-refractivity contribution in [3.05, 3.63) is 85.3 Å². The molecule has 3 heterocycles. The fourth-order valence-electron chi connectivity index (χ4n) is 3.30. The van der Waals surface area contributed by atoms with Crippen LogP contribution in [0, 0.1) is 5.95 Å². The average molecular weight is 340 g/mol. The van der Waals surface area contributed by atoms with Crippen molar-refractivity contribution in [2.45, 2.75) is 0 Å². The number of imidazole rings is 1. The molecule has 124 valence electrons. The number of para-hydroxylation sites is 1. The number of pyridine rings is 2. The monoisotopic (exact) mass is 340 g/mol. The third kappa shape index (κ3) is 2.25. The average Bonchev–Trinajstić information content (AvgIpc) is 3.12. The molecule has 0 aliphatic rings. The molecule has 0 aliphatic heterocycles. The standard InChI is InChI=1S/C21H13FN4/c22-19-9-4-10-20(25-19)26-13-24-21-16(7-3-8-18(21)26)17-12-23-11-14-5-1-2-6-15(14)17/h1-13H. The second kappa shape index (κ2) is 5.74. The van der Waals surface area contributed by atoms with E-state index in [2.05, 4.69) is 21.0 Å². The maximum atomic E-state index is 13.5. The Kier molecular flexibility index (Phi) is 3.25. The van der Waals surface area contributed by atoms with E-state index in [-0.39, 0.29) is 0 Å². The zero-order valence-corrected chi connectivity index (χ0v) is 13.7. The lowest BCUT2D eigenvalue weighted by Crippen LogP contribution is -1.97. The van der Waals surface area contributed by atoms with Crippen LogP contribution in [0.1, 0.15) is 0 Å². The smallest absolute Gasteiger partial charge is 0.214 e. The molecular formula is C21H13FN4. The summed E-state index contributed by atoms with van der Waals surface area (Å²) >= 11 is 0. The van der Waals surface area contributed by atoms with Gasteiger partial charge in [-0.15, -0.1) is 0 Å². The summed E-state index contributed by atoms with van der Waals surface area (Å²) < 4.78 is 15.3. The number of rotatable bonds is 2. The van der Waals surface area contributed by atoms with Gasteiger partial charge in [-0.3, -0.25) is 9.55 Å². The van der Waals surface area contributed by atoms with Gasteiger partial charge in [0.1, 0.15) is 12.1 Å². The molecule has 5 rings (SSSR count). The molecule has 0 amide bonds. The SMILES string of the molecule is Fc1cccc(-n2cnc3c(-c4cncc5ccccc45)cccc32)n1. The number of nitrogens with zero attached hydrogens (tertiary/aromatic N) is 4. The molecule has 0 spiro atoms. The molecule has 5 heteroatoms. The fraction of sp³-hybridized carbons (Fsp3) is 0. The van der Waals surface area contributed by atoms with Gasteiger partial charge in [-0.25, -0.2) is 9.97 Å². The Morgan fingerprint density at radius 3 is 2.62 bits per heavy atom. The molecule has 0 N–H and O–H groups in total. The number of halogens is 1. The molecule has 0 aliphatic carbocycles. The van der Waals surface area contributed by atoms with E-state index in [1.54, 1.807) is 23.0 Å². The lowest BCUT2D eigenvalue weighted by molar-refractivity contribution is 0.581. The molecule has 0 saturated carbocycles. The predicted octanol–water partition coefficient (Wildman–Crippen LogP) is 4.77. The van der Waals surface area contributed by atoms with E-state index in [0.29, 0.717) is 5.82 Å². The highest BCUT2D eigenvalue weighted by molar-refractivity contribution is 6.03. The van der Waals surface area contributed by atoms with Crippen LogP contribution in [-0.4, -0.2) is 19.5 Å². The molecule has 5 aromatic rings. The number of benzene rings is 2. The molecule has 0 bridgehead atoms. The topological polar surface area (TPSA) is 43.6 Å². The van der Waals surface area contributed by atoms with Crippen LogP contribution in [0.5, 0.6) is 0 Å². The van der Waals surface area contributed by atoms with Gasteiger partial charge in [-0.1, -0.05) is 42.5 Å². The van der Waals surface area contributed by atoms with Gasteiger partial charge in [0.15, 0.2) is 0 Å². The highest BCUT2D eigenvalue weighted by atomic mass is 19.1. The van der Waals surface area contributed by atoms with Gasteiger partial charge in [-0.2, -0.15) is 4.39 Å². The van der Waals surface area contributed by atoms with Crippen LogP contribution in [-0.2, 0) is 0 Å². The number of aromatic nitrogens is 4. The van der Waals surface area contributed by atoms with E-state index in [1.807, 2.05) is 48.8 Å². The van der Waals surface area contributed by atoms with Crippen molar-refractivity contribution < 1.29 is 4.39 Å². The molecule has 0 unspecified atom stereocenters. The third-order valence-corrected chi connectivity index (χ3v) is 4.48. The number of fused-ring (bicyclic) bond motifs is 2. The molecule has 0 saturated heterocycles. The van der Waals surface area contributed by atoms with Gasteiger partial charge in [0.05, 0.1) is 11.0 Å². The molecule has 0 radical (unpaired) electrons. The van der Waals surface area contributed by atoms with Crippen LogP contribution in [0.15, 0.2) is 79.4 Å². The Hall–Kier alpha value is -3.60. The molecular weight excluding hydrogens is 327 g/mol. The van der Waals surface area contributed by atoms with E-state index < -0.39 is 5.95 Å². The van der Waals surface area contributed by atoms with E-state index in [1.165, 1.54) is 6.07 Å². The first-order chi connectivity index (χ1) is 12.8. The highest BCUT2D eigenvalue weighted by Gasteiger charge is 2.13. The lowest BCUT2D eigenvalue weighted by Gasteiger charge is -2.08. The van der Waals surface area contributed by atoms with Gasteiger partial charge in [0, 0.05) is 28.9 Å². The van der Waals surface area contributed by atoms with Crippen molar-refractivity contribution >= 4 is 21.8 Å². The zero-order chi connectivity index (χ0) is 17.5. The minimum absolute atomic E-state index is 0.501. The van der Waals surface area contributed by atoms with Crippen LogP contribution in [0.25, 0.3) is 38.8 Å². The summed E-state index contributed by atoms with van der Waals surface area (Å²) in [4.78, 5) is 12.9. The molecule has 4 nitrogen and oxygen atoms in total. The summed E-state index contributed by atoms with van der Waals surface area (Å²) in [6.45, 7) is 0. The van der Waals surface area contributed by atoms with Crippen molar-refractivity contribution in [1.82, 2.24) is 19.5 Å². The summed E-state index contributed by atoms with van der Waals surface area (Å²) in [5.41, 5.74) is 3.71. The third-order valence-electron chi connectivity index (χ3n) is 4.48. The van der Waals surface area contributed by atoms with Crippen molar-refractivity contribution in [3.63, 3.8) is 0 Å². The fourth-order valence-corrected chi connectivity index (χ4v) is 3.30. The van der Waals surface area contributed by atoms with E-state index in [0.717, 1.165) is 32.9 Å². The first-order valence-corrected chi connectivity index (χ1v) is 8.23. The van der Waals surface area contributed by atoms with Crippen LogP contribution >= 0.6 is 0 Å². The highest BCUT2D eigenvalue weighted by Crippen LogP contribution is 2.33. The molecule has 3 aromatic heterocycles. The summed E-state index contributed by atoms with van der Waals surface area (Å²) in [6, 6.07) is 18.8. The first kappa shape index (κ1) is 14.7. The summed E-state index contributed by atoms with van der Waals surface area (Å²) in [5, 5.41) is 2.20. The number of hydrogen-bond acceptors (Lipinski definition) is 3. The van der Waals surface area contributed by atoms with Gasteiger partial charge in [0.2, 0.25) is 5.95 Å². The maximum Gasteiger partial charge on any atom is 0.214 e. The predicted molar refractivity (Wildman–Crippen MR) is 99.6 cm³/mol. The van der Waals surface area contributed by atoms with Crippen LogP contribution in [0.3, 0.4) is 0 Å². The number of hydrogen-bond donors (Lipinski definition) is 0. The second-order valence-corrected chi connectivity index (χ2v) is 6.01. The normalized spacial score (nSPS) is 11.3. The molecule has 26 heavy (non-hydrogen) atoms. The van der Waals surface area contributed by atoms with Crippen molar-refractivity contribution in [2.24, 2.45) is 0 Å². The summed E-state index contributed by atoms with van der Waals surface area (Å²) in [5.74, 6) is -0.0144. The lowest BCUT2D eigenvalue weighted by atomic mass is 10.00. The Morgan fingerprint density at radius 2 is 1.69 bits per heavy atom. The summed E-state index contributed by atoms with van der Waals surface area (Å²) in [6.07, 6.45) is 5.39. The first-order valence-electron chi connectivity index (χ1n) is 8.23. The minimum Gasteiger partial charge on any atom is -0.283 e. The van der Waals surface area contributed by atoms with Crippen molar-refractivity contribution in [2.75, 3.05) is 0 Å². The van der Waals surface area contributed by atoms with Crippen LogP contribution in [0.4, 0.5) is 4.39 Å². The summed E-state index contributed by atoms with van der Waals surface area (Å²) in [7, 11) is 0. The van der Waals surface area contributed by atoms with Crippen LogP contribution in [0.2, 0.25) is 0 Å². The zero-order valence-electron chi connectivity index (χ0n) is 13.7. The molecule has 0 fully saturated rings. The Balaban J connectivity index is 1.78. The Morgan fingerprint density at radius 1 is 0.808 bits per heavy atom. The van der Waals surface area contributed by atoms with E-state index in [9.17, 15) is 4.39 Å². The largest absolute Gasteiger partial charge is 0.283 e. The Bertz CT molecular complexity index is 1250. The van der Waals surface area contributed by atoms with E-state index >= 15 is 0 Å². The van der Waals surface area contributed by atoms with Crippen LogP contribution < -0.4 is 0 Å². The second-order valence-electron chi connectivity index (χ2n) is 6.01. The minimum atomic E-state index is -0.515. The van der Waals surface area contributed by atoms with E-state index in [4.69, 9.17) is 0 Å². The van der Waals surface area contributed by atoms with Crippen molar-refractivity contribution in [3.8, 4) is 16.9 Å². The van der Waals surface area contributed by atoms with Crippen molar-refractivity contribution in [1.29, 1.82) is 0 Å². The molecule has 0 atom stereocenters.